The third kappa shape index (κ3) is 4.65. The van der Waals surface area contributed by atoms with E-state index in [0.29, 0.717) is 27.8 Å². The van der Waals surface area contributed by atoms with Gasteiger partial charge in [-0.3, -0.25) is 4.79 Å². The molecule has 27 heavy (non-hydrogen) atoms. The molecular formula is C21H18ClN3O2. The van der Waals surface area contributed by atoms with Crippen LogP contribution in [0.15, 0.2) is 66.9 Å². The number of benzene rings is 2. The van der Waals surface area contributed by atoms with Gasteiger partial charge in [-0.05, 0) is 60.2 Å². The second-order valence-electron chi connectivity index (χ2n) is 5.73. The predicted molar refractivity (Wildman–Crippen MR) is 110 cm³/mol. The van der Waals surface area contributed by atoms with Gasteiger partial charge in [-0.1, -0.05) is 23.7 Å². The number of ketones is 1. The molecule has 0 aliphatic heterocycles. The summed E-state index contributed by atoms with van der Waals surface area (Å²) in [6, 6.07) is 16.0. The molecule has 0 aliphatic carbocycles. The molecule has 1 aromatic heterocycles. The number of hydrogen-bond acceptors (Lipinski definition) is 5. The number of nitrogens with zero attached hydrogens (tertiary/aromatic N) is 1. The van der Waals surface area contributed by atoms with Crippen LogP contribution in [0.25, 0.3) is 6.08 Å². The highest BCUT2D eigenvalue weighted by atomic mass is 35.5. The first-order valence-corrected chi connectivity index (χ1v) is 8.58. The zero-order valence-corrected chi connectivity index (χ0v) is 15.4. The molecule has 136 valence electrons. The van der Waals surface area contributed by atoms with Crippen LogP contribution in [0, 0.1) is 0 Å². The maximum atomic E-state index is 12.6. The molecule has 0 bridgehead atoms. The van der Waals surface area contributed by atoms with Gasteiger partial charge in [-0.2, -0.15) is 0 Å². The zero-order chi connectivity index (χ0) is 19.2. The molecule has 0 radical (unpaired) electrons. The second-order valence-corrected chi connectivity index (χ2v) is 6.17. The van der Waals surface area contributed by atoms with Gasteiger partial charge >= 0.3 is 0 Å². The lowest BCUT2D eigenvalue weighted by Crippen LogP contribution is -2.03. The topological polar surface area (TPSA) is 77.2 Å². The monoisotopic (exact) mass is 379 g/mol. The largest absolute Gasteiger partial charge is 0.495 e. The molecule has 0 unspecified atom stereocenters. The van der Waals surface area contributed by atoms with Gasteiger partial charge in [-0.25, -0.2) is 4.98 Å². The fraction of sp³-hybridized carbons (Fsp3) is 0.0476. The van der Waals surface area contributed by atoms with Gasteiger partial charge in [0.2, 0.25) is 0 Å². The van der Waals surface area contributed by atoms with Crippen molar-refractivity contribution < 1.29 is 9.53 Å². The molecule has 5 nitrogen and oxygen atoms in total. The summed E-state index contributed by atoms with van der Waals surface area (Å²) >= 11 is 5.90. The average Bonchev–Trinajstić information content (AvgIpc) is 2.68. The number of nitrogen functional groups attached to an aromatic ring is 1. The molecule has 6 heteroatoms. The molecule has 2 aromatic carbocycles. The minimum absolute atomic E-state index is 0.172. The van der Waals surface area contributed by atoms with Crippen LogP contribution in [0.5, 0.6) is 5.75 Å². The Labute approximate surface area is 162 Å². The number of nitrogens with two attached hydrogens (primary N) is 1. The Morgan fingerprint density at radius 3 is 2.67 bits per heavy atom. The lowest BCUT2D eigenvalue weighted by Gasteiger charge is -2.09. The summed E-state index contributed by atoms with van der Waals surface area (Å²) < 4.78 is 5.13. The second kappa shape index (κ2) is 8.38. The van der Waals surface area contributed by atoms with Crippen molar-refractivity contribution in [3.8, 4) is 5.75 Å². The minimum Gasteiger partial charge on any atom is -0.495 e. The van der Waals surface area contributed by atoms with Crippen LogP contribution in [-0.4, -0.2) is 17.9 Å². The van der Waals surface area contributed by atoms with E-state index >= 15 is 0 Å². The third-order valence-electron chi connectivity index (χ3n) is 3.86. The predicted octanol–water partition coefficient (Wildman–Crippen LogP) is 4.97. The molecule has 0 saturated heterocycles. The van der Waals surface area contributed by atoms with E-state index in [1.807, 2.05) is 18.2 Å². The normalized spacial score (nSPS) is 10.7. The molecule has 3 rings (SSSR count). The number of carbonyl (C=O) groups excluding carboxylic acids is 1. The Kier molecular flexibility index (Phi) is 5.74. The Morgan fingerprint density at radius 2 is 1.96 bits per heavy atom. The van der Waals surface area contributed by atoms with E-state index < -0.39 is 0 Å². The molecule has 3 N–H and O–H groups in total. The van der Waals surface area contributed by atoms with E-state index in [1.54, 1.807) is 55.8 Å². The standard InChI is InChI=1S/C21H18ClN3O2/c1-27-20-11-5-14(13-18(20)23)4-10-19(26)17-3-2-12-24-21(17)25-16-8-6-15(22)7-9-16/h2-13H,23H2,1H3,(H,24,25)/b10-4+. The number of hydrogen-bond donors (Lipinski definition) is 2. The van der Waals surface area contributed by atoms with Crippen LogP contribution in [0.3, 0.4) is 0 Å². The number of anilines is 3. The summed E-state index contributed by atoms with van der Waals surface area (Å²) in [6.45, 7) is 0. The Hall–Kier alpha value is -3.31. The Morgan fingerprint density at radius 1 is 1.19 bits per heavy atom. The average molecular weight is 380 g/mol. The molecule has 1 heterocycles. The van der Waals surface area contributed by atoms with Crippen LogP contribution in [0.4, 0.5) is 17.2 Å². The van der Waals surface area contributed by atoms with E-state index in [-0.39, 0.29) is 5.78 Å². The molecule has 3 aromatic rings. The quantitative estimate of drug-likeness (QED) is 0.359. The van der Waals surface area contributed by atoms with E-state index in [9.17, 15) is 4.79 Å². The number of rotatable bonds is 6. The first kappa shape index (κ1) is 18.5. The van der Waals surface area contributed by atoms with Crippen molar-refractivity contribution in [1.82, 2.24) is 4.98 Å². The smallest absolute Gasteiger partial charge is 0.189 e. The molecule has 0 fully saturated rings. The van der Waals surface area contributed by atoms with Crippen LogP contribution in [0.2, 0.25) is 5.02 Å². The van der Waals surface area contributed by atoms with Gasteiger partial charge < -0.3 is 15.8 Å². The number of halogens is 1. The van der Waals surface area contributed by atoms with Crippen molar-refractivity contribution in [2.45, 2.75) is 0 Å². The highest BCUT2D eigenvalue weighted by Crippen LogP contribution is 2.24. The minimum atomic E-state index is -0.172. The molecular weight excluding hydrogens is 362 g/mol. The lowest BCUT2D eigenvalue weighted by atomic mass is 10.1. The van der Waals surface area contributed by atoms with Crippen LogP contribution < -0.4 is 15.8 Å². The van der Waals surface area contributed by atoms with Crippen molar-refractivity contribution in [3.05, 3.63) is 83.0 Å². The van der Waals surface area contributed by atoms with Gasteiger partial charge in [0.1, 0.15) is 11.6 Å². The summed E-state index contributed by atoms with van der Waals surface area (Å²) in [5, 5.41) is 3.78. The van der Waals surface area contributed by atoms with Crippen LogP contribution in [-0.2, 0) is 0 Å². The maximum absolute atomic E-state index is 12.6. The van der Waals surface area contributed by atoms with Crippen LogP contribution >= 0.6 is 11.6 Å². The first-order chi connectivity index (χ1) is 13.1. The van der Waals surface area contributed by atoms with Gasteiger partial charge in [-0.15, -0.1) is 0 Å². The lowest BCUT2D eigenvalue weighted by molar-refractivity contribution is 0.104. The Bertz CT molecular complexity index is 985. The molecule has 0 spiro atoms. The number of aromatic nitrogens is 1. The van der Waals surface area contributed by atoms with Crippen molar-refractivity contribution in [1.29, 1.82) is 0 Å². The van der Waals surface area contributed by atoms with Crippen molar-refractivity contribution in [3.63, 3.8) is 0 Å². The number of methoxy groups -OCH3 is 1. The van der Waals surface area contributed by atoms with Gasteiger partial charge in [0, 0.05) is 16.9 Å². The van der Waals surface area contributed by atoms with Crippen molar-refractivity contribution in [2.75, 3.05) is 18.2 Å². The summed E-state index contributed by atoms with van der Waals surface area (Å²) in [5.74, 6) is 0.901. The fourth-order valence-electron chi connectivity index (χ4n) is 2.49. The van der Waals surface area contributed by atoms with Crippen molar-refractivity contribution in [2.24, 2.45) is 0 Å². The number of pyridine rings is 1. The molecule has 0 saturated carbocycles. The first-order valence-electron chi connectivity index (χ1n) is 8.20. The number of ether oxygens (including phenoxy) is 1. The van der Waals surface area contributed by atoms with Gasteiger partial charge in [0.25, 0.3) is 0 Å². The van der Waals surface area contributed by atoms with Gasteiger partial charge in [0.15, 0.2) is 5.78 Å². The number of carbonyl (C=O) groups is 1. The van der Waals surface area contributed by atoms with E-state index in [1.165, 1.54) is 6.08 Å². The molecule has 0 atom stereocenters. The summed E-state index contributed by atoms with van der Waals surface area (Å²) in [7, 11) is 1.56. The number of nitrogens with one attached hydrogen (secondary N) is 1. The van der Waals surface area contributed by atoms with Crippen LogP contribution in [0.1, 0.15) is 15.9 Å². The van der Waals surface area contributed by atoms with Gasteiger partial charge in [0.05, 0.1) is 18.4 Å². The van der Waals surface area contributed by atoms with E-state index in [0.717, 1.165) is 11.3 Å². The summed E-state index contributed by atoms with van der Waals surface area (Å²) in [4.78, 5) is 16.9. The molecule has 0 amide bonds. The maximum Gasteiger partial charge on any atom is 0.189 e. The summed E-state index contributed by atoms with van der Waals surface area (Å²) in [5.41, 5.74) is 8.47. The number of allylic oxidation sites excluding steroid dienone is 1. The third-order valence-corrected chi connectivity index (χ3v) is 4.11. The SMILES string of the molecule is COc1ccc(/C=C/C(=O)c2cccnc2Nc2ccc(Cl)cc2)cc1N. The fourth-order valence-corrected chi connectivity index (χ4v) is 2.62. The van der Waals surface area contributed by atoms with Crippen molar-refractivity contribution >= 4 is 40.7 Å². The summed E-state index contributed by atoms with van der Waals surface area (Å²) in [6.07, 6.45) is 4.82. The van der Waals surface area contributed by atoms with E-state index in [2.05, 4.69) is 10.3 Å². The Balaban J connectivity index is 1.80. The highest BCUT2D eigenvalue weighted by Gasteiger charge is 2.10. The highest BCUT2D eigenvalue weighted by molar-refractivity contribution is 6.30. The van der Waals surface area contributed by atoms with E-state index in [4.69, 9.17) is 22.1 Å². The zero-order valence-electron chi connectivity index (χ0n) is 14.6. The molecule has 0 aliphatic rings.